The Morgan fingerprint density at radius 3 is 2.55 bits per heavy atom. The topological polar surface area (TPSA) is 73.2 Å². The van der Waals surface area contributed by atoms with Crippen LogP contribution >= 0.6 is 11.3 Å². The molecule has 0 spiro atoms. The van der Waals surface area contributed by atoms with E-state index in [1.807, 2.05) is 42.1 Å². The van der Waals surface area contributed by atoms with E-state index >= 15 is 0 Å². The minimum atomic E-state index is -0.231. The molecule has 2 heterocycles. The number of benzene rings is 1. The number of nitrogens with one attached hydrogen (secondary N) is 1. The maximum atomic E-state index is 12.3. The first-order chi connectivity index (χ1) is 14.0. The van der Waals surface area contributed by atoms with Crippen molar-refractivity contribution in [3.05, 3.63) is 69.2 Å². The van der Waals surface area contributed by atoms with Gasteiger partial charge in [-0.25, -0.2) is 4.68 Å². The van der Waals surface area contributed by atoms with Crippen LogP contribution in [0.4, 0.5) is 0 Å². The number of carbonyl (C=O) groups is 2. The second kappa shape index (κ2) is 9.52. The van der Waals surface area contributed by atoms with E-state index in [1.165, 1.54) is 12.0 Å². The normalized spacial score (nSPS) is 10.7. The second-order valence-electron chi connectivity index (χ2n) is 6.77. The first-order valence-electron chi connectivity index (χ1n) is 9.52. The molecule has 152 valence electrons. The summed E-state index contributed by atoms with van der Waals surface area (Å²) in [7, 11) is 1.39. The third-order valence-corrected chi connectivity index (χ3v) is 5.80. The summed E-state index contributed by atoms with van der Waals surface area (Å²) in [5.74, 6) is -0.314. The number of hydrogen-bond donors (Lipinski definition) is 1. The average molecular weight is 412 g/mol. The molecule has 0 aliphatic carbocycles. The number of amides is 1. The number of aromatic nitrogens is 2. The lowest BCUT2D eigenvalue weighted by molar-refractivity contribution is -0.140. The highest BCUT2D eigenvalue weighted by molar-refractivity contribution is 7.09. The summed E-state index contributed by atoms with van der Waals surface area (Å²) >= 11 is 1.69. The van der Waals surface area contributed by atoms with E-state index in [0.717, 1.165) is 29.1 Å². The largest absolute Gasteiger partial charge is 0.469 e. The van der Waals surface area contributed by atoms with Crippen LogP contribution in [0, 0.1) is 13.8 Å². The van der Waals surface area contributed by atoms with E-state index in [2.05, 4.69) is 16.5 Å². The van der Waals surface area contributed by atoms with Crippen molar-refractivity contribution < 1.29 is 14.3 Å². The molecular formula is C22H25N3O3S. The lowest BCUT2D eigenvalue weighted by atomic mass is 10.1. The van der Waals surface area contributed by atoms with Crippen molar-refractivity contribution in [2.45, 2.75) is 33.1 Å². The fraction of sp³-hybridized carbons (Fsp3) is 0.318. The first-order valence-corrected chi connectivity index (χ1v) is 10.4. The van der Waals surface area contributed by atoms with Crippen LogP contribution in [-0.2, 0) is 22.4 Å². The van der Waals surface area contributed by atoms with Crippen LogP contribution < -0.4 is 5.32 Å². The summed E-state index contributed by atoms with van der Waals surface area (Å²) in [5.41, 5.74) is 4.42. The molecule has 0 saturated heterocycles. The number of ether oxygens (including phenoxy) is 1. The summed E-state index contributed by atoms with van der Waals surface area (Å²) in [6, 6.07) is 11.5. The number of rotatable bonds is 8. The quantitative estimate of drug-likeness (QED) is 0.575. The van der Waals surface area contributed by atoms with Gasteiger partial charge in [0.25, 0.3) is 5.91 Å². The van der Waals surface area contributed by atoms with Crippen LogP contribution in [0.5, 0.6) is 0 Å². The number of carbonyl (C=O) groups excluding carboxylic acids is 2. The molecule has 1 N–H and O–H groups in total. The molecular weight excluding hydrogens is 386 g/mol. The zero-order valence-electron chi connectivity index (χ0n) is 16.9. The molecule has 3 aromatic rings. The van der Waals surface area contributed by atoms with Gasteiger partial charge in [-0.1, -0.05) is 6.07 Å². The van der Waals surface area contributed by atoms with Crippen molar-refractivity contribution >= 4 is 23.2 Å². The van der Waals surface area contributed by atoms with Gasteiger partial charge in [-0.3, -0.25) is 9.59 Å². The van der Waals surface area contributed by atoms with Crippen molar-refractivity contribution in [1.82, 2.24) is 15.1 Å². The van der Waals surface area contributed by atoms with Crippen LogP contribution in [0.2, 0.25) is 0 Å². The molecule has 1 amide bonds. The fourth-order valence-corrected chi connectivity index (χ4v) is 3.94. The summed E-state index contributed by atoms with van der Waals surface area (Å²) in [6.45, 7) is 4.53. The van der Waals surface area contributed by atoms with E-state index in [-0.39, 0.29) is 11.9 Å². The van der Waals surface area contributed by atoms with Crippen LogP contribution in [-0.4, -0.2) is 35.3 Å². The summed E-state index contributed by atoms with van der Waals surface area (Å²) in [4.78, 5) is 25.0. The molecule has 1 aromatic carbocycles. The second-order valence-corrected chi connectivity index (χ2v) is 7.80. The number of hydrogen-bond acceptors (Lipinski definition) is 5. The summed E-state index contributed by atoms with van der Waals surface area (Å²) < 4.78 is 6.57. The van der Waals surface area contributed by atoms with E-state index < -0.39 is 0 Å². The number of nitrogens with zero attached hydrogens (tertiary/aromatic N) is 2. The van der Waals surface area contributed by atoms with Gasteiger partial charge in [0, 0.05) is 29.1 Å². The van der Waals surface area contributed by atoms with Gasteiger partial charge in [-0.15, -0.1) is 11.3 Å². The van der Waals surface area contributed by atoms with Crippen LogP contribution in [0.3, 0.4) is 0 Å². The number of esters is 1. The van der Waals surface area contributed by atoms with Crippen molar-refractivity contribution in [1.29, 1.82) is 0 Å². The Morgan fingerprint density at radius 1 is 1.14 bits per heavy atom. The molecule has 2 aromatic heterocycles. The number of aryl methyl sites for hydroxylation is 1. The highest BCUT2D eigenvalue weighted by Crippen LogP contribution is 2.20. The van der Waals surface area contributed by atoms with Crippen molar-refractivity contribution in [3.63, 3.8) is 0 Å². The zero-order valence-corrected chi connectivity index (χ0v) is 17.7. The molecule has 0 bridgehead atoms. The van der Waals surface area contributed by atoms with Crippen molar-refractivity contribution in [3.8, 4) is 5.69 Å². The number of thiophene rings is 1. The molecule has 0 aliphatic rings. The highest BCUT2D eigenvalue weighted by atomic mass is 32.1. The molecule has 0 fully saturated rings. The molecule has 29 heavy (non-hydrogen) atoms. The summed E-state index contributed by atoms with van der Waals surface area (Å²) in [5, 5.41) is 9.59. The van der Waals surface area contributed by atoms with Crippen molar-refractivity contribution in [2.75, 3.05) is 13.7 Å². The molecule has 7 heteroatoms. The molecule has 6 nitrogen and oxygen atoms in total. The highest BCUT2D eigenvalue weighted by Gasteiger charge is 2.15. The molecule has 0 saturated carbocycles. The third kappa shape index (κ3) is 5.12. The van der Waals surface area contributed by atoms with Gasteiger partial charge in [-0.2, -0.15) is 5.10 Å². The Bertz CT molecular complexity index is 976. The lowest BCUT2D eigenvalue weighted by Gasteiger charge is -2.08. The maximum absolute atomic E-state index is 12.3. The van der Waals surface area contributed by atoms with E-state index in [1.54, 1.807) is 23.5 Å². The molecule has 3 rings (SSSR count). The minimum absolute atomic E-state index is 0.0831. The third-order valence-electron chi connectivity index (χ3n) is 4.86. The van der Waals surface area contributed by atoms with Crippen molar-refractivity contribution in [2.24, 2.45) is 0 Å². The van der Waals surface area contributed by atoms with E-state index in [4.69, 9.17) is 4.74 Å². The Hall–Kier alpha value is -2.93. The van der Waals surface area contributed by atoms with Gasteiger partial charge in [0.05, 0.1) is 18.5 Å². The maximum Gasteiger partial charge on any atom is 0.305 e. The molecule has 0 unspecified atom stereocenters. The Balaban J connectivity index is 1.65. The first kappa shape index (κ1) is 20.8. The fourth-order valence-electron chi connectivity index (χ4n) is 3.23. The Morgan fingerprint density at radius 2 is 1.90 bits per heavy atom. The van der Waals surface area contributed by atoms with Crippen LogP contribution in [0.15, 0.2) is 41.8 Å². The SMILES string of the molecule is COC(=O)CCc1c(C)nn(-c2ccc(C(=O)NCCc3cccs3)cc2)c1C. The van der Waals surface area contributed by atoms with E-state index in [0.29, 0.717) is 24.9 Å². The summed E-state index contributed by atoms with van der Waals surface area (Å²) in [6.07, 6.45) is 1.76. The predicted molar refractivity (Wildman–Crippen MR) is 114 cm³/mol. The lowest BCUT2D eigenvalue weighted by Crippen LogP contribution is -2.25. The molecule has 0 atom stereocenters. The van der Waals surface area contributed by atoms with Gasteiger partial charge < -0.3 is 10.1 Å². The standard InChI is InChI=1S/C22H25N3O3S/c1-15-20(10-11-21(26)28-3)16(2)25(24-15)18-8-6-17(7-9-18)22(27)23-13-12-19-5-4-14-29-19/h4-9,14H,10-13H2,1-3H3,(H,23,27). The number of methoxy groups -OCH3 is 1. The van der Waals surface area contributed by atoms with Gasteiger partial charge >= 0.3 is 5.97 Å². The van der Waals surface area contributed by atoms with Gasteiger partial charge in [-0.05, 0) is 68.0 Å². The molecule has 0 aliphatic heterocycles. The average Bonchev–Trinajstić information content (AvgIpc) is 3.34. The monoisotopic (exact) mass is 411 g/mol. The van der Waals surface area contributed by atoms with Gasteiger partial charge in [0.15, 0.2) is 0 Å². The zero-order chi connectivity index (χ0) is 20.8. The van der Waals surface area contributed by atoms with Crippen LogP contribution in [0.25, 0.3) is 5.69 Å². The predicted octanol–water partition coefficient (Wildman–Crippen LogP) is 3.63. The van der Waals surface area contributed by atoms with Gasteiger partial charge in [0.1, 0.15) is 0 Å². The minimum Gasteiger partial charge on any atom is -0.469 e. The Labute approximate surface area is 174 Å². The van der Waals surface area contributed by atoms with E-state index in [9.17, 15) is 9.59 Å². The van der Waals surface area contributed by atoms with Crippen LogP contribution in [0.1, 0.15) is 38.6 Å². The van der Waals surface area contributed by atoms with Gasteiger partial charge in [0.2, 0.25) is 0 Å². The Kier molecular flexibility index (Phi) is 6.82. The molecule has 0 radical (unpaired) electrons. The smallest absolute Gasteiger partial charge is 0.305 e.